The molecule has 4 aliphatic rings. The molecule has 4 fully saturated rings. The van der Waals surface area contributed by atoms with E-state index in [9.17, 15) is 5.11 Å². The maximum Gasteiger partial charge on any atom is 0.187 e. The Morgan fingerprint density at radius 2 is 1.76 bits per heavy atom. The third-order valence-corrected chi connectivity index (χ3v) is 5.08. The number of fused-ring (bicyclic) bond motifs is 1. The monoisotopic (exact) mass is 360 g/mol. The molecule has 4 rings (SSSR count). The van der Waals surface area contributed by atoms with Crippen LogP contribution in [0.1, 0.15) is 34.1 Å². The predicted octanol–water partition coefficient (Wildman–Crippen LogP) is 0.549. The third-order valence-electron chi connectivity index (χ3n) is 5.08. The van der Waals surface area contributed by atoms with Crippen molar-refractivity contribution in [3.63, 3.8) is 0 Å². The van der Waals surface area contributed by atoms with Crippen LogP contribution >= 0.6 is 0 Å². The Bertz CT molecular complexity index is 495. The minimum atomic E-state index is -0.712. The second-order valence-electron chi connectivity index (χ2n) is 7.96. The molecule has 7 atom stereocenters. The Kier molecular flexibility index (Phi) is 4.61. The summed E-state index contributed by atoms with van der Waals surface area (Å²) in [6.45, 7) is 8.44. The lowest BCUT2D eigenvalue weighted by Crippen LogP contribution is -2.40. The predicted molar refractivity (Wildman–Crippen MR) is 83.7 cm³/mol. The highest BCUT2D eigenvalue weighted by Crippen LogP contribution is 2.43. The molecule has 8 nitrogen and oxygen atoms in total. The van der Waals surface area contributed by atoms with Crippen LogP contribution in [0.3, 0.4) is 0 Å². The minimum Gasteiger partial charge on any atom is -0.394 e. The topological polar surface area (TPSA) is 84.8 Å². The number of hydrogen-bond acceptors (Lipinski definition) is 8. The van der Waals surface area contributed by atoms with Crippen molar-refractivity contribution < 1.29 is 38.3 Å². The zero-order valence-electron chi connectivity index (χ0n) is 15.2. The molecule has 144 valence electrons. The quantitative estimate of drug-likeness (QED) is 0.778. The van der Waals surface area contributed by atoms with Gasteiger partial charge in [-0.2, -0.15) is 0 Å². The maximum atomic E-state index is 9.42. The zero-order valence-corrected chi connectivity index (χ0v) is 15.2. The van der Waals surface area contributed by atoms with Crippen LogP contribution in [-0.4, -0.2) is 79.4 Å². The first-order valence-corrected chi connectivity index (χ1v) is 8.99. The fraction of sp³-hybridized carbons (Fsp3) is 1.00. The van der Waals surface area contributed by atoms with Gasteiger partial charge in [-0.3, -0.25) is 0 Å². The van der Waals surface area contributed by atoms with Crippen molar-refractivity contribution in [3.05, 3.63) is 0 Å². The molecule has 1 N–H and O–H groups in total. The van der Waals surface area contributed by atoms with E-state index in [2.05, 4.69) is 0 Å². The highest BCUT2D eigenvalue weighted by molar-refractivity contribution is 5.00. The molecule has 4 saturated heterocycles. The summed E-state index contributed by atoms with van der Waals surface area (Å²) < 4.78 is 41.5. The van der Waals surface area contributed by atoms with Crippen LogP contribution in [0.25, 0.3) is 0 Å². The van der Waals surface area contributed by atoms with E-state index in [1.165, 1.54) is 0 Å². The van der Waals surface area contributed by atoms with Gasteiger partial charge >= 0.3 is 0 Å². The van der Waals surface area contributed by atoms with Crippen LogP contribution in [0.4, 0.5) is 0 Å². The second kappa shape index (κ2) is 6.38. The molecule has 4 aliphatic heterocycles. The molecule has 0 aromatic heterocycles. The van der Waals surface area contributed by atoms with Crippen LogP contribution in [0.15, 0.2) is 0 Å². The van der Waals surface area contributed by atoms with Crippen molar-refractivity contribution >= 4 is 0 Å². The average Bonchev–Trinajstić information content (AvgIpc) is 3.24. The van der Waals surface area contributed by atoms with Crippen molar-refractivity contribution in [3.8, 4) is 0 Å². The fourth-order valence-electron chi connectivity index (χ4n) is 4.00. The summed E-state index contributed by atoms with van der Waals surface area (Å²) in [7, 11) is 0. The molecule has 7 unspecified atom stereocenters. The summed E-state index contributed by atoms with van der Waals surface area (Å²) in [6, 6.07) is 0. The highest BCUT2D eigenvalue weighted by atomic mass is 16.8. The number of ether oxygens (including phenoxy) is 7. The molecule has 0 amide bonds. The van der Waals surface area contributed by atoms with Crippen LogP contribution < -0.4 is 0 Å². The molecule has 4 heterocycles. The molecule has 0 radical (unpaired) electrons. The van der Waals surface area contributed by atoms with E-state index >= 15 is 0 Å². The van der Waals surface area contributed by atoms with E-state index in [0.29, 0.717) is 19.6 Å². The summed E-state index contributed by atoms with van der Waals surface area (Å²) in [5, 5.41) is 9.42. The first-order chi connectivity index (χ1) is 11.8. The fourth-order valence-corrected chi connectivity index (χ4v) is 4.00. The average molecular weight is 360 g/mol. The number of aliphatic hydroxyl groups excluding tert-OH is 1. The van der Waals surface area contributed by atoms with Crippen molar-refractivity contribution in [2.24, 2.45) is 0 Å². The van der Waals surface area contributed by atoms with Gasteiger partial charge in [0.1, 0.15) is 30.5 Å². The molecule has 0 aliphatic carbocycles. The van der Waals surface area contributed by atoms with Gasteiger partial charge in [0.15, 0.2) is 17.9 Å². The zero-order chi connectivity index (χ0) is 17.8. The molecule has 0 bridgehead atoms. The summed E-state index contributed by atoms with van der Waals surface area (Å²) in [6.07, 6.45) is -1.67. The Hall–Kier alpha value is -0.320. The van der Waals surface area contributed by atoms with Gasteiger partial charge in [-0.25, -0.2) is 0 Å². The van der Waals surface area contributed by atoms with E-state index in [1.807, 2.05) is 27.7 Å². The molecule has 0 saturated carbocycles. The molecule has 8 heteroatoms. The molecule has 0 aromatic rings. The Morgan fingerprint density at radius 3 is 2.44 bits per heavy atom. The summed E-state index contributed by atoms with van der Waals surface area (Å²) in [4.78, 5) is 0. The summed E-state index contributed by atoms with van der Waals surface area (Å²) >= 11 is 0. The van der Waals surface area contributed by atoms with Crippen LogP contribution in [0.5, 0.6) is 0 Å². The van der Waals surface area contributed by atoms with E-state index < -0.39 is 17.9 Å². The maximum absolute atomic E-state index is 9.42. The lowest BCUT2D eigenvalue weighted by molar-refractivity contribution is -0.260. The normalized spacial score (nSPS) is 48.1. The van der Waals surface area contributed by atoms with Crippen LogP contribution in [0.2, 0.25) is 0 Å². The standard InChI is InChI=1S/C17H28O8/c1-16(2)20-8-11(23-16)12-13-14(25-17(3,4)24-13)15(22-12)21-9-5-6-19-10(9)7-18/h9-15,18H,5-8H2,1-4H3. The van der Waals surface area contributed by atoms with Gasteiger partial charge in [0.25, 0.3) is 0 Å². The Balaban J connectivity index is 1.49. The molecular formula is C17H28O8. The van der Waals surface area contributed by atoms with E-state index in [-0.39, 0.29) is 43.2 Å². The van der Waals surface area contributed by atoms with Crippen LogP contribution in [0, 0.1) is 0 Å². The van der Waals surface area contributed by atoms with Crippen LogP contribution in [-0.2, 0) is 33.2 Å². The molecule has 25 heavy (non-hydrogen) atoms. The molecule has 0 aromatic carbocycles. The van der Waals surface area contributed by atoms with Gasteiger partial charge in [0.2, 0.25) is 0 Å². The van der Waals surface area contributed by atoms with Gasteiger partial charge in [-0.15, -0.1) is 0 Å². The van der Waals surface area contributed by atoms with E-state index in [1.54, 1.807) is 0 Å². The largest absolute Gasteiger partial charge is 0.394 e. The highest BCUT2D eigenvalue weighted by Gasteiger charge is 2.60. The second-order valence-corrected chi connectivity index (χ2v) is 7.96. The number of rotatable bonds is 4. The van der Waals surface area contributed by atoms with Crippen molar-refractivity contribution in [2.75, 3.05) is 19.8 Å². The Labute approximate surface area is 147 Å². The first kappa shape index (κ1) is 18.1. The van der Waals surface area contributed by atoms with Gasteiger partial charge in [-0.1, -0.05) is 0 Å². The molecular weight excluding hydrogens is 332 g/mol. The number of hydrogen-bond donors (Lipinski definition) is 1. The summed E-state index contributed by atoms with van der Waals surface area (Å²) in [5.74, 6) is -1.35. The lowest BCUT2D eigenvalue weighted by Gasteiger charge is -2.28. The SMILES string of the molecule is CC1(C)OCC(C2OC(OC3CCOC3CO)C3OC(C)(C)OC23)O1. The first-order valence-electron chi connectivity index (χ1n) is 8.99. The van der Waals surface area contributed by atoms with Crippen molar-refractivity contribution in [1.82, 2.24) is 0 Å². The summed E-state index contributed by atoms with van der Waals surface area (Å²) in [5.41, 5.74) is 0. The lowest BCUT2D eigenvalue weighted by atomic mass is 10.1. The molecule has 0 spiro atoms. The van der Waals surface area contributed by atoms with E-state index in [4.69, 9.17) is 33.2 Å². The van der Waals surface area contributed by atoms with Crippen molar-refractivity contribution in [2.45, 2.75) is 88.6 Å². The van der Waals surface area contributed by atoms with Gasteiger partial charge < -0.3 is 38.3 Å². The van der Waals surface area contributed by atoms with Gasteiger partial charge in [-0.05, 0) is 34.1 Å². The number of aliphatic hydroxyl groups is 1. The smallest absolute Gasteiger partial charge is 0.187 e. The van der Waals surface area contributed by atoms with Gasteiger partial charge in [0.05, 0.1) is 19.3 Å². The van der Waals surface area contributed by atoms with E-state index in [0.717, 1.165) is 0 Å². The van der Waals surface area contributed by atoms with Crippen molar-refractivity contribution in [1.29, 1.82) is 0 Å². The Morgan fingerprint density at radius 1 is 1.00 bits per heavy atom. The third kappa shape index (κ3) is 3.46. The minimum absolute atomic E-state index is 0.0779. The van der Waals surface area contributed by atoms with Gasteiger partial charge in [0, 0.05) is 6.61 Å².